The zero-order valence-electron chi connectivity index (χ0n) is 9.77. The molecule has 4 nitrogen and oxygen atoms in total. The first-order valence-electron chi connectivity index (χ1n) is 5.74. The molecule has 2 heterocycles. The molecular formula is C12H15N3OS. The maximum Gasteiger partial charge on any atom is 0.181 e. The van der Waals surface area contributed by atoms with E-state index in [2.05, 4.69) is 28.9 Å². The third-order valence-electron chi connectivity index (χ3n) is 3.09. The predicted molar refractivity (Wildman–Crippen MR) is 71.8 cm³/mol. The van der Waals surface area contributed by atoms with Crippen molar-refractivity contribution in [1.82, 2.24) is 4.98 Å². The Balaban J connectivity index is 2.12. The van der Waals surface area contributed by atoms with Gasteiger partial charge in [0.15, 0.2) is 5.13 Å². The van der Waals surface area contributed by atoms with Gasteiger partial charge in [-0.05, 0) is 18.6 Å². The number of hydrogen-bond acceptors (Lipinski definition) is 5. The Kier molecular flexibility index (Phi) is 2.64. The van der Waals surface area contributed by atoms with Crippen LogP contribution in [0.25, 0.3) is 10.2 Å². The minimum atomic E-state index is 0.642. The van der Waals surface area contributed by atoms with E-state index in [4.69, 9.17) is 10.5 Å². The number of hydrogen-bond donors (Lipinski definition) is 1. The Morgan fingerprint density at radius 2 is 2.12 bits per heavy atom. The van der Waals surface area contributed by atoms with Gasteiger partial charge in [0.2, 0.25) is 0 Å². The van der Waals surface area contributed by atoms with E-state index in [1.165, 1.54) is 16.0 Å². The fourth-order valence-electron chi connectivity index (χ4n) is 2.19. The molecule has 0 aliphatic carbocycles. The fourth-order valence-corrected chi connectivity index (χ4v) is 3.14. The number of aryl methyl sites for hydroxylation is 1. The topological polar surface area (TPSA) is 51.4 Å². The zero-order valence-corrected chi connectivity index (χ0v) is 10.6. The van der Waals surface area contributed by atoms with Crippen LogP contribution in [0.2, 0.25) is 0 Å². The lowest BCUT2D eigenvalue weighted by molar-refractivity contribution is 0.123. The highest BCUT2D eigenvalue weighted by Crippen LogP contribution is 2.35. The molecule has 5 heteroatoms. The van der Waals surface area contributed by atoms with Crippen LogP contribution >= 0.6 is 11.3 Å². The second-order valence-electron chi connectivity index (χ2n) is 4.23. The Morgan fingerprint density at radius 1 is 1.35 bits per heavy atom. The number of anilines is 2. The van der Waals surface area contributed by atoms with Gasteiger partial charge in [0.25, 0.3) is 0 Å². The van der Waals surface area contributed by atoms with E-state index < -0.39 is 0 Å². The van der Waals surface area contributed by atoms with Crippen LogP contribution in [0.3, 0.4) is 0 Å². The normalized spacial score (nSPS) is 16.6. The quantitative estimate of drug-likeness (QED) is 0.840. The number of benzene rings is 1. The first-order valence-corrected chi connectivity index (χ1v) is 6.55. The third-order valence-corrected chi connectivity index (χ3v) is 4.00. The third kappa shape index (κ3) is 1.85. The summed E-state index contributed by atoms with van der Waals surface area (Å²) in [6.07, 6.45) is 0. The standard InChI is InChI=1S/C12H15N3OS/c1-8-2-3-9(15-4-6-16-7-5-15)11-10(8)14-12(13)17-11/h2-3H,4-7H2,1H3,(H2,13,14). The molecular weight excluding hydrogens is 234 g/mol. The summed E-state index contributed by atoms with van der Waals surface area (Å²) < 4.78 is 6.58. The number of nitrogens with zero attached hydrogens (tertiary/aromatic N) is 2. The van der Waals surface area contributed by atoms with Gasteiger partial charge in [-0.15, -0.1) is 0 Å². The fraction of sp³-hybridized carbons (Fsp3) is 0.417. The average molecular weight is 249 g/mol. The van der Waals surface area contributed by atoms with Crippen molar-refractivity contribution in [2.24, 2.45) is 0 Å². The van der Waals surface area contributed by atoms with E-state index in [1.54, 1.807) is 11.3 Å². The molecule has 0 amide bonds. The van der Waals surface area contributed by atoms with Crippen molar-refractivity contribution in [3.63, 3.8) is 0 Å². The largest absolute Gasteiger partial charge is 0.378 e. The molecule has 0 bridgehead atoms. The van der Waals surface area contributed by atoms with Crippen LogP contribution < -0.4 is 10.6 Å². The minimum Gasteiger partial charge on any atom is -0.378 e. The number of nitrogen functional groups attached to an aromatic ring is 1. The Bertz CT molecular complexity index is 546. The molecule has 2 N–H and O–H groups in total. The molecule has 1 aromatic heterocycles. The monoisotopic (exact) mass is 249 g/mol. The summed E-state index contributed by atoms with van der Waals surface area (Å²) in [5.41, 5.74) is 9.28. The summed E-state index contributed by atoms with van der Waals surface area (Å²) in [5, 5.41) is 0.642. The number of ether oxygens (including phenoxy) is 1. The van der Waals surface area contributed by atoms with Gasteiger partial charge in [0.05, 0.1) is 29.1 Å². The smallest absolute Gasteiger partial charge is 0.181 e. The molecule has 17 heavy (non-hydrogen) atoms. The molecule has 90 valence electrons. The molecule has 1 saturated heterocycles. The van der Waals surface area contributed by atoms with Crippen LogP contribution in [0.1, 0.15) is 5.56 Å². The first kappa shape index (κ1) is 10.8. The maximum atomic E-state index is 5.82. The number of thiazole rings is 1. The van der Waals surface area contributed by atoms with E-state index in [9.17, 15) is 0 Å². The summed E-state index contributed by atoms with van der Waals surface area (Å²) in [5.74, 6) is 0. The highest BCUT2D eigenvalue weighted by atomic mass is 32.1. The maximum absolute atomic E-state index is 5.82. The summed E-state index contributed by atoms with van der Waals surface area (Å²) in [6.45, 7) is 5.55. The number of morpholine rings is 1. The lowest BCUT2D eigenvalue weighted by Gasteiger charge is -2.29. The van der Waals surface area contributed by atoms with Crippen LogP contribution in [0.15, 0.2) is 12.1 Å². The van der Waals surface area contributed by atoms with Crippen LogP contribution in [0.4, 0.5) is 10.8 Å². The van der Waals surface area contributed by atoms with Gasteiger partial charge >= 0.3 is 0 Å². The van der Waals surface area contributed by atoms with Gasteiger partial charge in [-0.2, -0.15) is 0 Å². The van der Waals surface area contributed by atoms with E-state index >= 15 is 0 Å². The average Bonchev–Trinajstić information content (AvgIpc) is 2.73. The second-order valence-corrected chi connectivity index (χ2v) is 5.26. The molecule has 1 aromatic carbocycles. The Morgan fingerprint density at radius 3 is 2.88 bits per heavy atom. The van der Waals surface area contributed by atoms with Gasteiger partial charge in [0, 0.05) is 13.1 Å². The van der Waals surface area contributed by atoms with Crippen molar-refractivity contribution in [3.05, 3.63) is 17.7 Å². The minimum absolute atomic E-state index is 0.642. The van der Waals surface area contributed by atoms with E-state index in [-0.39, 0.29) is 0 Å². The Labute approximate surface area is 104 Å². The van der Waals surface area contributed by atoms with Crippen molar-refractivity contribution in [2.45, 2.75) is 6.92 Å². The number of nitrogens with two attached hydrogens (primary N) is 1. The van der Waals surface area contributed by atoms with Crippen molar-refractivity contribution in [1.29, 1.82) is 0 Å². The molecule has 2 aromatic rings. The van der Waals surface area contributed by atoms with Crippen LogP contribution in [-0.2, 0) is 4.74 Å². The Hall–Kier alpha value is -1.33. The summed E-state index contributed by atoms with van der Waals surface area (Å²) >= 11 is 1.57. The number of rotatable bonds is 1. The van der Waals surface area contributed by atoms with Crippen LogP contribution in [-0.4, -0.2) is 31.3 Å². The van der Waals surface area contributed by atoms with Gasteiger partial charge < -0.3 is 15.4 Å². The van der Waals surface area contributed by atoms with Crippen molar-refractivity contribution < 1.29 is 4.74 Å². The zero-order chi connectivity index (χ0) is 11.8. The number of aromatic nitrogens is 1. The van der Waals surface area contributed by atoms with Gasteiger partial charge in [-0.25, -0.2) is 4.98 Å². The lowest BCUT2D eigenvalue weighted by atomic mass is 10.2. The van der Waals surface area contributed by atoms with Crippen LogP contribution in [0, 0.1) is 6.92 Å². The van der Waals surface area contributed by atoms with Crippen LogP contribution in [0.5, 0.6) is 0 Å². The first-order chi connectivity index (χ1) is 8.25. The molecule has 0 spiro atoms. The van der Waals surface area contributed by atoms with E-state index in [0.717, 1.165) is 31.8 Å². The molecule has 0 radical (unpaired) electrons. The molecule has 0 unspecified atom stereocenters. The highest BCUT2D eigenvalue weighted by molar-refractivity contribution is 7.22. The summed E-state index contributed by atoms with van der Waals surface area (Å²) in [6, 6.07) is 4.28. The number of fused-ring (bicyclic) bond motifs is 1. The van der Waals surface area contributed by atoms with Crippen molar-refractivity contribution in [3.8, 4) is 0 Å². The molecule has 0 atom stereocenters. The molecule has 3 rings (SSSR count). The van der Waals surface area contributed by atoms with Gasteiger partial charge in [-0.1, -0.05) is 17.4 Å². The lowest BCUT2D eigenvalue weighted by Crippen LogP contribution is -2.36. The molecule has 0 saturated carbocycles. The predicted octanol–water partition coefficient (Wildman–Crippen LogP) is 2.02. The molecule has 1 fully saturated rings. The van der Waals surface area contributed by atoms with Crippen molar-refractivity contribution in [2.75, 3.05) is 36.9 Å². The molecule has 1 aliphatic heterocycles. The summed E-state index contributed by atoms with van der Waals surface area (Å²) in [7, 11) is 0. The SMILES string of the molecule is Cc1ccc(N2CCOCC2)c2sc(N)nc12. The second kappa shape index (κ2) is 4.16. The van der Waals surface area contributed by atoms with E-state index in [1.807, 2.05) is 0 Å². The van der Waals surface area contributed by atoms with E-state index in [0.29, 0.717) is 5.13 Å². The molecule has 1 aliphatic rings. The highest BCUT2D eigenvalue weighted by Gasteiger charge is 2.16. The summed E-state index contributed by atoms with van der Waals surface area (Å²) in [4.78, 5) is 6.76. The van der Waals surface area contributed by atoms with Gasteiger partial charge in [-0.3, -0.25) is 0 Å². The van der Waals surface area contributed by atoms with Crippen molar-refractivity contribution >= 4 is 32.4 Å². The van der Waals surface area contributed by atoms with Gasteiger partial charge in [0.1, 0.15) is 0 Å².